The molecule has 8 aromatic carbocycles. The van der Waals surface area contributed by atoms with Crippen molar-refractivity contribution < 1.29 is 12.6 Å². The van der Waals surface area contributed by atoms with Crippen LogP contribution in [0.1, 0.15) is 8.22 Å². The lowest BCUT2D eigenvalue weighted by molar-refractivity contribution is 0.670. The minimum absolute atomic E-state index is 0.0188. The van der Waals surface area contributed by atoms with E-state index in [4.69, 9.17) is 24.9 Å². The summed E-state index contributed by atoms with van der Waals surface area (Å²) in [5.74, 6) is 1.32. The van der Waals surface area contributed by atoms with Gasteiger partial charge in [0.25, 0.3) is 0 Å². The first kappa shape index (κ1) is 26.4. The second kappa shape index (κ2) is 12.6. The number of rotatable bonds is 5. The molecule has 0 spiro atoms. The molecule has 0 saturated carbocycles. The Morgan fingerprint density at radius 2 is 1.09 bits per heavy atom. The topological polar surface area (TPSA) is 56.7 Å². The van der Waals surface area contributed by atoms with Gasteiger partial charge >= 0.3 is 0 Å². The van der Waals surface area contributed by atoms with Crippen molar-refractivity contribution in [2.45, 2.75) is 0 Å². The van der Waals surface area contributed by atoms with Crippen molar-refractivity contribution in [1.29, 1.82) is 0 Å². The average Bonchev–Trinajstić information content (AvgIpc) is 4.01. The zero-order valence-corrected chi connectivity index (χ0v) is 30.8. The first-order chi connectivity index (χ1) is 30.8. The van der Waals surface area contributed by atoms with Crippen LogP contribution in [-0.4, -0.2) is 19.5 Å². The molecule has 0 aliphatic heterocycles. The van der Waals surface area contributed by atoms with E-state index < -0.39 is 0 Å². The standard InChI is InChI=1S/C51H30N4OS/c1-2-15-31(16-3-1)49-52-50(54-51(53-49)41-26-14-24-39-35-20-7-11-30-45(35)57-48(39)41)40-25-12-21-36(38-23-13-22-37-34-19-6-10-29-44(34)56-47(37)38)46(40)55-42-27-8-4-17-32(42)33-18-5-9-28-43(33)55/h1-30H/i6D,13D,19D,22D,23D,29D. The third-order valence-electron chi connectivity index (χ3n) is 10.6. The number of hydrogen-bond donors (Lipinski definition) is 0. The highest BCUT2D eigenvalue weighted by Crippen LogP contribution is 2.45. The van der Waals surface area contributed by atoms with Crippen molar-refractivity contribution in [3.8, 4) is 51.0 Å². The van der Waals surface area contributed by atoms with Gasteiger partial charge in [-0.1, -0.05) is 145 Å². The lowest BCUT2D eigenvalue weighted by Gasteiger charge is -2.19. The van der Waals surface area contributed by atoms with Crippen molar-refractivity contribution in [2.75, 3.05) is 0 Å². The first-order valence-electron chi connectivity index (χ1n) is 21.5. The third kappa shape index (κ3) is 4.91. The van der Waals surface area contributed by atoms with E-state index in [1.807, 2.05) is 109 Å². The minimum atomic E-state index is -0.370. The molecule has 4 aromatic heterocycles. The summed E-state index contributed by atoms with van der Waals surface area (Å²) >= 11 is 1.69. The molecule has 0 bridgehead atoms. The van der Waals surface area contributed by atoms with Gasteiger partial charge in [-0.05, 0) is 36.4 Å². The van der Waals surface area contributed by atoms with Crippen LogP contribution in [0.15, 0.2) is 186 Å². The van der Waals surface area contributed by atoms with E-state index in [0.29, 0.717) is 34.3 Å². The number of thiophene rings is 1. The van der Waals surface area contributed by atoms with E-state index in [1.165, 1.54) is 6.07 Å². The maximum Gasteiger partial charge on any atom is 0.166 e. The van der Waals surface area contributed by atoms with Crippen LogP contribution in [0.3, 0.4) is 0 Å². The second-order valence-electron chi connectivity index (χ2n) is 13.8. The molecule has 0 atom stereocenters. The smallest absolute Gasteiger partial charge is 0.166 e. The van der Waals surface area contributed by atoms with Crippen LogP contribution in [0.4, 0.5) is 0 Å². The summed E-state index contributed by atoms with van der Waals surface area (Å²) in [6.07, 6.45) is 0. The Morgan fingerprint density at radius 1 is 0.456 bits per heavy atom. The molecule has 0 aliphatic carbocycles. The summed E-state index contributed by atoms with van der Waals surface area (Å²) < 4.78 is 64.8. The molecule has 0 radical (unpaired) electrons. The number of furan rings is 1. The average molecular weight is 753 g/mol. The number of fused-ring (bicyclic) bond motifs is 9. The quantitative estimate of drug-likeness (QED) is 0.176. The van der Waals surface area contributed by atoms with E-state index in [2.05, 4.69) is 34.9 Å². The van der Waals surface area contributed by atoms with Gasteiger partial charge in [-0.3, -0.25) is 0 Å². The van der Waals surface area contributed by atoms with E-state index in [-0.39, 0.29) is 63.8 Å². The van der Waals surface area contributed by atoms with Gasteiger partial charge in [-0.15, -0.1) is 11.3 Å². The molecule has 0 saturated heterocycles. The monoisotopic (exact) mass is 752 g/mol. The summed E-state index contributed by atoms with van der Waals surface area (Å²) in [6, 6.07) is 46.0. The molecule has 5 nitrogen and oxygen atoms in total. The van der Waals surface area contributed by atoms with Crippen molar-refractivity contribution >= 4 is 75.3 Å². The zero-order valence-electron chi connectivity index (χ0n) is 36.0. The summed E-state index contributed by atoms with van der Waals surface area (Å²) in [5, 5.41) is 4.46. The maximum absolute atomic E-state index is 9.57. The van der Waals surface area contributed by atoms with E-state index in [1.54, 1.807) is 11.3 Å². The Morgan fingerprint density at radius 3 is 1.91 bits per heavy atom. The third-order valence-corrected chi connectivity index (χ3v) is 11.9. The highest BCUT2D eigenvalue weighted by molar-refractivity contribution is 7.26. The van der Waals surface area contributed by atoms with Crippen molar-refractivity contribution in [3.05, 3.63) is 182 Å². The molecule has 0 aliphatic rings. The molecule has 0 N–H and O–H groups in total. The summed E-state index contributed by atoms with van der Waals surface area (Å²) in [7, 11) is 0. The van der Waals surface area contributed by atoms with Gasteiger partial charge in [0.15, 0.2) is 17.5 Å². The van der Waals surface area contributed by atoms with E-state index in [0.717, 1.165) is 53.1 Å². The molecular formula is C51H30N4OS. The Hall–Kier alpha value is -7.41. The number of benzene rings is 8. The molecule has 0 unspecified atom stereocenters. The Bertz CT molecular complexity index is 3840. The van der Waals surface area contributed by atoms with Crippen LogP contribution in [0, 0.1) is 0 Å². The zero-order chi connectivity index (χ0) is 42.7. The van der Waals surface area contributed by atoms with Gasteiger partial charge in [0.2, 0.25) is 0 Å². The van der Waals surface area contributed by atoms with E-state index in [9.17, 15) is 2.74 Å². The molecule has 12 rings (SSSR count). The van der Waals surface area contributed by atoms with Crippen molar-refractivity contribution in [3.63, 3.8) is 0 Å². The van der Waals surface area contributed by atoms with Gasteiger partial charge in [0, 0.05) is 69.5 Å². The lowest BCUT2D eigenvalue weighted by Crippen LogP contribution is -2.05. The van der Waals surface area contributed by atoms with Crippen LogP contribution < -0.4 is 0 Å². The summed E-state index contributed by atoms with van der Waals surface area (Å²) in [6.45, 7) is 0. The lowest BCUT2D eigenvalue weighted by atomic mass is 9.97. The van der Waals surface area contributed by atoms with E-state index >= 15 is 0 Å². The Kier molecular flexibility index (Phi) is 5.82. The van der Waals surface area contributed by atoms with Gasteiger partial charge < -0.3 is 8.98 Å². The van der Waals surface area contributed by atoms with Crippen LogP contribution in [0.5, 0.6) is 0 Å². The molecule has 4 heterocycles. The molecule has 0 amide bonds. The Labute approximate surface area is 339 Å². The predicted octanol–water partition coefficient (Wildman–Crippen LogP) is 13.9. The first-order valence-corrected chi connectivity index (χ1v) is 19.4. The van der Waals surface area contributed by atoms with Crippen LogP contribution in [-0.2, 0) is 0 Å². The number of nitrogens with zero attached hydrogens (tertiary/aromatic N) is 4. The number of para-hydroxylation sites is 5. The van der Waals surface area contributed by atoms with Crippen LogP contribution in [0.25, 0.3) is 115 Å². The highest BCUT2D eigenvalue weighted by atomic mass is 32.1. The second-order valence-corrected chi connectivity index (χ2v) is 14.9. The van der Waals surface area contributed by atoms with Gasteiger partial charge in [0.05, 0.1) is 24.9 Å². The van der Waals surface area contributed by atoms with Crippen molar-refractivity contribution in [2.24, 2.45) is 0 Å². The Balaban J connectivity index is 1.24. The highest BCUT2D eigenvalue weighted by Gasteiger charge is 2.25. The molecule has 57 heavy (non-hydrogen) atoms. The maximum atomic E-state index is 9.57. The fraction of sp³-hybridized carbons (Fsp3) is 0. The minimum Gasteiger partial charge on any atom is -0.455 e. The number of hydrogen-bond acceptors (Lipinski definition) is 5. The van der Waals surface area contributed by atoms with Gasteiger partial charge in [-0.2, -0.15) is 0 Å². The van der Waals surface area contributed by atoms with Gasteiger partial charge in [-0.25, -0.2) is 15.0 Å². The van der Waals surface area contributed by atoms with Crippen LogP contribution >= 0.6 is 11.3 Å². The SMILES string of the molecule is [2H]c1cc([2H])c2oc3c(-c4cccc(-c5nc(-c6ccccc6)nc(-c6cccc7c6sc6ccccc67)n5)c4-n4c5ccccc5c5ccccc54)c([2H])c([2H])c([2H])c3c2c1[2H]. The fourth-order valence-electron chi connectivity index (χ4n) is 8.15. The molecular weight excluding hydrogens is 717 g/mol. The van der Waals surface area contributed by atoms with Gasteiger partial charge in [0.1, 0.15) is 11.2 Å². The molecule has 6 heteroatoms. The molecule has 0 fully saturated rings. The number of aromatic nitrogens is 4. The molecule has 12 aromatic rings. The predicted molar refractivity (Wildman–Crippen MR) is 236 cm³/mol. The van der Waals surface area contributed by atoms with Crippen LogP contribution in [0.2, 0.25) is 0 Å². The summed E-state index contributed by atoms with van der Waals surface area (Å²) in [4.78, 5) is 15.7. The fourth-order valence-corrected chi connectivity index (χ4v) is 9.36. The normalized spacial score (nSPS) is 13.3. The summed E-state index contributed by atoms with van der Waals surface area (Å²) in [5.41, 5.74) is 5.39. The largest absolute Gasteiger partial charge is 0.455 e. The molecule has 266 valence electrons. The van der Waals surface area contributed by atoms with Crippen molar-refractivity contribution in [1.82, 2.24) is 19.5 Å².